The summed E-state index contributed by atoms with van der Waals surface area (Å²) >= 11 is 1.73. The number of benzene rings is 2. The van der Waals surface area contributed by atoms with Crippen molar-refractivity contribution in [3.05, 3.63) is 58.0 Å². The Hall–Kier alpha value is -2.57. The fourth-order valence-corrected chi connectivity index (χ4v) is 5.87. The first-order valence-corrected chi connectivity index (χ1v) is 11.5. The molecule has 2 N–H and O–H groups in total. The third kappa shape index (κ3) is 3.15. The van der Waals surface area contributed by atoms with Crippen molar-refractivity contribution in [2.75, 3.05) is 18.5 Å². The van der Waals surface area contributed by atoms with Crippen LogP contribution in [0.2, 0.25) is 0 Å². The first-order valence-electron chi connectivity index (χ1n) is 10.7. The van der Waals surface area contributed by atoms with E-state index in [4.69, 9.17) is 4.74 Å². The number of hydrogen-bond acceptors (Lipinski definition) is 5. The summed E-state index contributed by atoms with van der Waals surface area (Å²) in [6.45, 7) is 8.95. The van der Waals surface area contributed by atoms with Crippen molar-refractivity contribution in [1.29, 1.82) is 0 Å². The van der Waals surface area contributed by atoms with Crippen molar-refractivity contribution in [2.45, 2.75) is 45.9 Å². The van der Waals surface area contributed by atoms with Gasteiger partial charge >= 0.3 is 0 Å². The molecule has 2 aliphatic heterocycles. The molecule has 30 heavy (non-hydrogen) atoms. The molecule has 0 saturated heterocycles. The SMILES string of the molecule is CCOc1ccc2ccccc2c1[C@@H]1NC(=O)c2c(sc3c2CCN(C(C)C)C3)N1. The Labute approximate surface area is 181 Å². The third-order valence-corrected chi connectivity index (χ3v) is 7.26. The van der Waals surface area contributed by atoms with Gasteiger partial charge in [0.05, 0.1) is 12.2 Å². The number of hydrogen-bond donors (Lipinski definition) is 2. The number of ether oxygens (including phenoxy) is 1. The number of amides is 1. The fourth-order valence-electron chi connectivity index (χ4n) is 4.58. The van der Waals surface area contributed by atoms with Gasteiger partial charge in [0.25, 0.3) is 5.91 Å². The van der Waals surface area contributed by atoms with Crippen molar-refractivity contribution in [3.8, 4) is 5.75 Å². The quantitative estimate of drug-likeness (QED) is 0.628. The van der Waals surface area contributed by atoms with Crippen LogP contribution in [0.5, 0.6) is 5.75 Å². The second kappa shape index (κ2) is 7.60. The van der Waals surface area contributed by atoms with Crippen molar-refractivity contribution in [1.82, 2.24) is 10.2 Å². The van der Waals surface area contributed by atoms with Gasteiger partial charge in [-0.1, -0.05) is 30.3 Å². The van der Waals surface area contributed by atoms with Gasteiger partial charge in [-0.25, -0.2) is 0 Å². The van der Waals surface area contributed by atoms with Gasteiger partial charge in [-0.2, -0.15) is 0 Å². The van der Waals surface area contributed by atoms with E-state index in [-0.39, 0.29) is 12.1 Å². The summed E-state index contributed by atoms with van der Waals surface area (Å²) in [4.78, 5) is 17.0. The highest BCUT2D eigenvalue weighted by atomic mass is 32.1. The summed E-state index contributed by atoms with van der Waals surface area (Å²) in [7, 11) is 0. The highest BCUT2D eigenvalue weighted by molar-refractivity contribution is 7.16. The Morgan fingerprint density at radius 1 is 1.20 bits per heavy atom. The van der Waals surface area contributed by atoms with Crippen LogP contribution >= 0.6 is 11.3 Å². The van der Waals surface area contributed by atoms with E-state index in [0.29, 0.717) is 12.6 Å². The van der Waals surface area contributed by atoms with Crippen LogP contribution in [0.4, 0.5) is 5.00 Å². The monoisotopic (exact) mass is 421 g/mol. The maximum atomic E-state index is 13.2. The van der Waals surface area contributed by atoms with Gasteiger partial charge in [-0.15, -0.1) is 11.3 Å². The summed E-state index contributed by atoms with van der Waals surface area (Å²) in [5, 5.41) is 10.0. The molecular formula is C24H27N3O2S. The van der Waals surface area contributed by atoms with Crippen LogP contribution in [0.1, 0.15) is 53.3 Å². The molecule has 1 aromatic heterocycles. The molecule has 5 nitrogen and oxygen atoms in total. The van der Waals surface area contributed by atoms with E-state index < -0.39 is 0 Å². The highest BCUT2D eigenvalue weighted by Gasteiger charge is 2.35. The van der Waals surface area contributed by atoms with Gasteiger partial charge in [0.1, 0.15) is 16.9 Å². The van der Waals surface area contributed by atoms with Crippen LogP contribution < -0.4 is 15.4 Å². The molecule has 3 heterocycles. The van der Waals surface area contributed by atoms with Gasteiger partial charge < -0.3 is 15.4 Å². The Kier molecular flexibility index (Phi) is 4.91. The van der Waals surface area contributed by atoms with Crippen LogP contribution in [0.3, 0.4) is 0 Å². The Balaban J connectivity index is 1.56. The lowest BCUT2D eigenvalue weighted by atomic mass is 9.97. The predicted octanol–water partition coefficient (Wildman–Crippen LogP) is 4.92. The molecular weight excluding hydrogens is 394 g/mol. The van der Waals surface area contributed by atoms with E-state index in [1.165, 1.54) is 10.4 Å². The Morgan fingerprint density at radius 2 is 2.03 bits per heavy atom. The first kappa shape index (κ1) is 19.4. The molecule has 2 aliphatic rings. The molecule has 5 rings (SSSR count). The minimum absolute atomic E-state index is 0.0135. The summed E-state index contributed by atoms with van der Waals surface area (Å²) in [5.41, 5.74) is 3.05. The van der Waals surface area contributed by atoms with E-state index in [2.05, 4.69) is 47.6 Å². The number of thiophene rings is 1. The van der Waals surface area contributed by atoms with Crippen LogP contribution in [0.15, 0.2) is 36.4 Å². The summed E-state index contributed by atoms with van der Waals surface area (Å²) in [6, 6.07) is 12.8. The third-order valence-electron chi connectivity index (χ3n) is 6.11. The number of anilines is 1. The molecule has 0 bridgehead atoms. The Bertz CT molecular complexity index is 1120. The molecule has 0 spiro atoms. The topological polar surface area (TPSA) is 53.6 Å². The van der Waals surface area contributed by atoms with Gasteiger partial charge in [0.2, 0.25) is 0 Å². The zero-order chi connectivity index (χ0) is 20.8. The molecule has 2 aromatic carbocycles. The standard InChI is InChI=1S/C24H27N3O2S/c1-4-29-18-10-9-15-7-5-6-8-16(15)20(18)22-25-23(28)21-17-11-12-27(14(2)3)13-19(17)30-24(21)26-22/h5-10,14,22,26H,4,11-13H2,1-3H3,(H,25,28)/t22-/m1/s1. The molecule has 3 aromatic rings. The number of fused-ring (bicyclic) bond motifs is 4. The van der Waals surface area contributed by atoms with Crippen LogP contribution in [0, 0.1) is 0 Å². The second-order valence-electron chi connectivity index (χ2n) is 8.20. The van der Waals surface area contributed by atoms with Crippen molar-refractivity contribution < 1.29 is 9.53 Å². The van der Waals surface area contributed by atoms with Gasteiger partial charge in [-0.3, -0.25) is 9.69 Å². The first-order chi connectivity index (χ1) is 14.6. The van der Waals surface area contributed by atoms with Crippen molar-refractivity contribution in [3.63, 3.8) is 0 Å². The average Bonchev–Trinajstić information content (AvgIpc) is 3.11. The lowest BCUT2D eigenvalue weighted by molar-refractivity contribution is 0.0934. The largest absolute Gasteiger partial charge is 0.493 e. The van der Waals surface area contributed by atoms with Crippen LogP contribution in [-0.4, -0.2) is 30.0 Å². The maximum Gasteiger partial charge on any atom is 0.256 e. The Morgan fingerprint density at radius 3 is 2.83 bits per heavy atom. The van der Waals surface area contributed by atoms with Crippen LogP contribution in [-0.2, 0) is 13.0 Å². The number of nitrogens with one attached hydrogen (secondary N) is 2. The zero-order valence-corrected chi connectivity index (χ0v) is 18.4. The van der Waals surface area contributed by atoms with Crippen molar-refractivity contribution in [2.24, 2.45) is 0 Å². The number of carbonyl (C=O) groups is 1. The minimum atomic E-state index is -0.320. The van der Waals surface area contributed by atoms with E-state index in [0.717, 1.165) is 52.2 Å². The van der Waals surface area contributed by atoms with E-state index in [1.807, 2.05) is 25.1 Å². The molecule has 0 fully saturated rings. The molecule has 0 radical (unpaired) electrons. The molecule has 156 valence electrons. The van der Waals surface area contributed by atoms with E-state index in [9.17, 15) is 4.79 Å². The smallest absolute Gasteiger partial charge is 0.256 e. The second-order valence-corrected chi connectivity index (χ2v) is 9.31. The summed E-state index contributed by atoms with van der Waals surface area (Å²) in [5.74, 6) is 0.824. The number of nitrogens with zero attached hydrogens (tertiary/aromatic N) is 1. The van der Waals surface area contributed by atoms with Gasteiger partial charge in [0.15, 0.2) is 0 Å². The van der Waals surface area contributed by atoms with E-state index >= 15 is 0 Å². The fraction of sp³-hybridized carbons (Fsp3) is 0.375. The minimum Gasteiger partial charge on any atom is -0.493 e. The molecule has 1 atom stereocenters. The molecule has 0 saturated carbocycles. The van der Waals surface area contributed by atoms with E-state index in [1.54, 1.807) is 11.3 Å². The van der Waals surface area contributed by atoms with Crippen LogP contribution in [0.25, 0.3) is 10.8 Å². The molecule has 6 heteroatoms. The summed E-state index contributed by atoms with van der Waals surface area (Å²) in [6.07, 6.45) is 0.608. The normalized spacial score (nSPS) is 18.7. The summed E-state index contributed by atoms with van der Waals surface area (Å²) < 4.78 is 5.95. The lowest BCUT2D eigenvalue weighted by Crippen LogP contribution is -2.39. The maximum absolute atomic E-state index is 13.2. The zero-order valence-electron chi connectivity index (χ0n) is 17.6. The average molecular weight is 422 g/mol. The van der Waals surface area contributed by atoms with Gasteiger partial charge in [-0.05, 0) is 49.6 Å². The molecule has 0 unspecified atom stereocenters. The predicted molar refractivity (Wildman–Crippen MR) is 123 cm³/mol. The van der Waals surface area contributed by atoms with Crippen molar-refractivity contribution >= 4 is 33.0 Å². The lowest BCUT2D eigenvalue weighted by Gasteiger charge is -2.31. The highest BCUT2D eigenvalue weighted by Crippen LogP contribution is 2.43. The number of rotatable bonds is 4. The number of carbonyl (C=O) groups excluding carboxylic acids is 1. The molecule has 0 aliphatic carbocycles. The molecule has 1 amide bonds. The van der Waals surface area contributed by atoms with Gasteiger partial charge in [0, 0.05) is 29.6 Å².